The molecule has 0 aliphatic carbocycles. The minimum atomic E-state index is -0.313. The first kappa shape index (κ1) is 21.6. The van der Waals surface area contributed by atoms with E-state index < -0.39 is 0 Å². The summed E-state index contributed by atoms with van der Waals surface area (Å²) >= 11 is 2.95. The maximum atomic E-state index is 13.3. The first-order valence-corrected chi connectivity index (χ1v) is 12.2. The molecule has 0 saturated carbocycles. The fraction of sp³-hybridized carbons (Fsp3) is 0.217. The molecule has 1 N–H and O–H groups in total. The third-order valence-electron chi connectivity index (χ3n) is 5.12. The van der Waals surface area contributed by atoms with Crippen LogP contribution in [0.5, 0.6) is 0 Å². The van der Waals surface area contributed by atoms with Crippen molar-refractivity contribution in [1.29, 1.82) is 0 Å². The highest BCUT2D eigenvalue weighted by atomic mass is 32.1. The van der Waals surface area contributed by atoms with E-state index in [2.05, 4.69) is 27.0 Å². The number of H-pyrrole nitrogens is 1. The lowest BCUT2D eigenvalue weighted by Crippen LogP contribution is -2.26. The van der Waals surface area contributed by atoms with Gasteiger partial charge in [-0.2, -0.15) is 0 Å². The normalized spacial score (nSPS) is 11.6. The molecule has 0 saturated heterocycles. The van der Waals surface area contributed by atoms with E-state index in [0.717, 1.165) is 29.0 Å². The van der Waals surface area contributed by atoms with Gasteiger partial charge >= 0.3 is 0 Å². The van der Waals surface area contributed by atoms with Crippen molar-refractivity contribution in [3.8, 4) is 21.9 Å². The molecule has 1 aromatic carbocycles. The van der Waals surface area contributed by atoms with Crippen molar-refractivity contribution in [1.82, 2.24) is 25.1 Å². The molecule has 4 heterocycles. The number of aromatic amines is 1. The van der Waals surface area contributed by atoms with Crippen LogP contribution in [0.4, 0.5) is 4.39 Å². The Morgan fingerprint density at radius 3 is 2.73 bits per heavy atom. The Morgan fingerprint density at radius 1 is 1.12 bits per heavy atom. The molecule has 168 valence electrons. The van der Waals surface area contributed by atoms with Crippen LogP contribution >= 0.6 is 22.7 Å². The molecule has 0 aliphatic rings. The lowest BCUT2D eigenvalue weighted by molar-refractivity contribution is 0.227. The number of aromatic nitrogens is 4. The molecule has 10 heteroatoms. The van der Waals surface area contributed by atoms with E-state index in [1.165, 1.54) is 23.5 Å². The van der Waals surface area contributed by atoms with E-state index in [9.17, 15) is 9.18 Å². The predicted octanol–water partition coefficient (Wildman–Crippen LogP) is 5.31. The fourth-order valence-corrected chi connectivity index (χ4v) is 5.27. The fourth-order valence-electron chi connectivity index (χ4n) is 3.66. The molecule has 5 aromatic rings. The van der Waals surface area contributed by atoms with Crippen molar-refractivity contribution in [2.24, 2.45) is 0 Å². The van der Waals surface area contributed by atoms with E-state index in [0.29, 0.717) is 40.9 Å². The molecule has 4 aromatic heterocycles. The number of hydrogen-bond donors (Lipinski definition) is 1. The topological polar surface area (TPSA) is 87.9 Å². The highest BCUT2D eigenvalue weighted by Gasteiger charge is 2.17. The number of halogens is 1. The second kappa shape index (κ2) is 9.34. The number of benzene rings is 1. The zero-order valence-electron chi connectivity index (χ0n) is 17.7. The van der Waals surface area contributed by atoms with Crippen LogP contribution in [0.1, 0.15) is 25.1 Å². The van der Waals surface area contributed by atoms with Gasteiger partial charge in [0.15, 0.2) is 0 Å². The lowest BCUT2D eigenvalue weighted by atomic mass is 10.1. The predicted molar refractivity (Wildman–Crippen MR) is 128 cm³/mol. The molecular formula is C23H20FN5O2S2. The second-order valence-corrected chi connectivity index (χ2v) is 9.34. The number of rotatable bonds is 8. The molecule has 0 amide bonds. The maximum Gasteiger partial charge on any atom is 0.260 e. The Hall–Kier alpha value is -3.21. The first-order valence-electron chi connectivity index (χ1n) is 10.5. The van der Waals surface area contributed by atoms with Gasteiger partial charge in [0.1, 0.15) is 16.5 Å². The van der Waals surface area contributed by atoms with Gasteiger partial charge in [-0.1, -0.05) is 25.1 Å². The van der Waals surface area contributed by atoms with Gasteiger partial charge in [0, 0.05) is 10.9 Å². The molecule has 7 nitrogen and oxygen atoms in total. The Kier molecular flexibility index (Phi) is 6.12. The Morgan fingerprint density at radius 2 is 1.97 bits per heavy atom. The van der Waals surface area contributed by atoms with Crippen molar-refractivity contribution >= 4 is 32.9 Å². The minimum Gasteiger partial charge on any atom is -0.419 e. The summed E-state index contributed by atoms with van der Waals surface area (Å²) in [5, 5.41) is 12.7. The van der Waals surface area contributed by atoms with Crippen molar-refractivity contribution in [3.05, 3.63) is 75.0 Å². The summed E-state index contributed by atoms with van der Waals surface area (Å²) < 4.78 is 19.1. The van der Waals surface area contributed by atoms with Crippen molar-refractivity contribution in [3.63, 3.8) is 0 Å². The number of hydrogen-bond acceptors (Lipinski definition) is 8. The first-order chi connectivity index (χ1) is 16.1. The summed E-state index contributed by atoms with van der Waals surface area (Å²) in [4.78, 5) is 24.2. The monoisotopic (exact) mass is 481 g/mol. The molecule has 0 atom stereocenters. The zero-order valence-corrected chi connectivity index (χ0v) is 19.4. The molecule has 0 radical (unpaired) electrons. The molecular weight excluding hydrogens is 461 g/mol. The van der Waals surface area contributed by atoms with Crippen molar-refractivity contribution in [2.75, 3.05) is 6.54 Å². The largest absolute Gasteiger partial charge is 0.419 e. The standard InChI is InChI=1S/C23H20FN5O2S2/c1-2-9-29(12-19-27-28-22(31-19)17-4-3-10-32-17)11-18-25-21(30)20-16(13-33-23(20)26-18)14-5-7-15(24)8-6-14/h3-8,10,13H,2,9,11-12H2,1H3,(H,25,26,30). The van der Waals surface area contributed by atoms with E-state index in [1.807, 2.05) is 22.9 Å². The average molecular weight is 482 g/mol. The second-order valence-electron chi connectivity index (χ2n) is 7.54. The van der Waals surface area contributed by atoms with E-state index >= 15 is 0 Å². The van der Waals surface area contributed by atoms with Crippen LogP contribution in [-0.4, -0.2) is 31.6 Å². The van der Waals surface area contributed by atoms with Gasteiger partial charge < -0.3 is 9.40 Å². The summed E-state index contributed by atoms with van der Waals surface area (Å²) in [6.07, 6.45) is 0.923. The Labute approximate surface area is 196 Å². The SMILES string of the molecule is CCCN(Cc1nc2scc(-c3ccc(F)cc3)c2c(=O)[nH]1)Cc1nnc(-c2cccs2)o1. The van der Waals surface area contributed by atoms with Crippen LogP contribution in [0.15, 0.2) is 56.4 Å². The van der Waals surface area contributed by atoms with Crippen LogP contribution in [0, 0.1) is 5.82 Å². The van der Waals surface area contributed by atoms with Crippen LogP contribution in [0.2, 0.25) is 0 Å². The summed E-state index contributed by atoms with van der Waals surface area (Å²) in [5.74, 6) is 1.29. The zero-order chi connectivity index (χ0) is 22.8. The van der Waals surface area contributed by atoms with Gasteiger partial charge in [-0.25, -0.2) is 9.37 Å². The van der Waals surface area contributed by atoms with Gasteiger partial charge in [0.25, 0.3) is 11.4 Å². The van der Waals surface area contributed by atoms with Gasteiger partial charge in [-0.3, -0.25) is 9.69 Å². The van der Waals surface area contributed by atoms with E-state index in [4.69, 9.17) is 9.40 Å². The molecule has 0 bridgehead atoms. The molecule has 0 unspecified atom stereocenters. The van der Waals surface area contributed by atoms with E-state index in [1.54, 1.807) is 23.5 Å². The Balaban J connectivity index is 1.38. The molecule has 33 heavy (non-hydrogen) atoms. The summed E-state index contributed by atoms with van der Waals surface area (Å²) in [7, 11) is 0. The molecule has 0 aliphatic heterocycles. The third kappa shape index (κ3) is 4.63. The third-order valence-corrected chi connectivity index (χ3v) is 6.85. The highest BCUT2D eigenvalue weighted by molar-refractivity contribution is 7.17. The van der Waals surface area contributed by atoms with Crippen LogP contribution in [0.25, 0.3) is 32.1 Å². The number of fused-ring (bicyclic) bond motifs is 1. The molecule has 0 spiro atoms. The Bertz CT molecular complexity index is 1420. The van der Waals surface area contributed by atoms with E-state index in [-0.39, 0.29) is 11.4 Å². The number of thiophene rings is 2. The smallest absolute Gasteiger partial charge is 0.260 e. The van der Waals surface area contributed by atoms with Gasteiger partial charge in [0.05, 0.1) is 23.4 Å². The van der Waals surface area contributed by atoms with Crippen LogP contribution in [-0.2, 0) is 13.1 Å². The van der Waals surface area contributed by atoms with Crippen LogP contribution in [0.3, 0.4) is 0 Å². The molecule has 5 rings (SSSR count). The average Bonchev–Trinajstić information content (AvgIpc) is 3.55. The maximum absolute atomic E-state index is 13.3. The quantitative estimate of drug-likeness (QED) is 0.323. The van der Waals surface area contributed by atoms with Gasteiger partial charge in [0.2, 0.25) is 5.89 Å². The molecule has 0 fully saturated rings. The highest BCUT2D eigenvalue weighted by Crippen LogP contribution is 2.31. The van der Waals surface area contributed by atoms with Crippen LogP contribution < -0.4 is 5.56 Å². The number of nitrogens with one attached hydrogen (secondary N) is 1. The summed E-state index contributed by atoms with van der Waals surface area (Å²) in [6.45, 7) is 3.77. The van der Waals surface area contributed by atoms with Gasteiger partial charge in [-0.15, -0.1) is 32.9 Å². The number of nitrogens with zero attached hydrogens (tertiary/aromatic N) is 4. The minimum absolute atomic E-state index is 0.204. The van der Waals surface area contributed by atoms with Gasteiger partial charge in [-0.05, 0) is 42.1 Å². The van der Waals surface area contributed by atoms with Crippen molar-refractivity contribution in [2.45, 2.75) is 26.4 Å². The summed E-state index contributed by atoms with van der Waals surface area (Å²) in [5.41, 5.74) is 1.34. The van der Waals surface area contributed by atoms with Crippen molar-refractivity contribution < 1.29 is 8.81 Å². The lowest BCUT2D eigenvalue weighted by Gasteiger charge is -2.18. The summed E-state index contributed by atoms with van der Waals surface area (Å²) in [6, 6.07) is 10.00.